The van der Waals surface area contributed by atoms with Crippen LogP contribution in [0.25, 0.3) is 11.0 Å². The summed E-state index contributed by atoms with van der Waals surface area (Å²) in [6, 6.07) is 11.8. The minimum absolute atomic E-state index is 0.184. The summed E-state index contributed by atoms with van der Waals surface area (Å²) in [5.74, 6) is -3.13. The van der Waals surface area contributed by atoms with E-state index in [1.807, 2.05) is 34.1 Å². The van der Waals surface area contributed by atoms with Crippen LogP contribution in [-0.4, -0.2) is 61.2 Å². The van der Waals surface area contributed by atoms with Gasteiger partial charge in [-0.2, -0.15) is 0 Å². The molecule has 2 aliphatic heterocycles. The Morgan fingerprint density at radius 2 is 1.85 bits per heavy atom. The van der Waals surface area contributed by atoms with E-state index < -0.39 is 17.8 Å². The van der Waals surface area contributed by atoms with Gasteiger partial charge in [0.25, 0.3) is 0 Å². The van der Waals surface area contributed by atoms with Crippen molar-refractivity contribution in [3.63, 3.8) is 0 Å². The van der Waals surface area contributed by atoms with Crippen LogP contribution in [0.15, 0.2) is 47.0 Å². The predicted molar refractivity (Wildman–Crippen MR) is 114 cm³/mol. The smallest absolute Gasteiger partial charge is 0.421 e. The van der Waals surface area contributed by atoms with Gasteiger partial charge in [-0.05, 0) is 49.2 Å². The van der Waals surface area contributed by atoms with E-state index in [1.54, 1.807) is 13.2 Å². The second-order valence-electron chi connectivity index (χ2n) is 7.97. The summed E-state index contributed by atoms with van der Waals surface area (Å²) < 4.78 is 34.7. The number of aryl methyl sites for hydroxylation is 1. The molecular weight excluding hydrogens is 433 g/mol. The van der Waals surface area contributed by atoms with Crippen molar-refractivity contribution in [2.75, 3.05) is 38.2 Å². The van der Waals surface area contributed by atoms with Crippen molar-refractivity contribution >= 4 is 28.6 Å². The molecule has 0 bridgehead atoms. The van der Waals surface area contributed by atoms with Gasteiger partial charge in [0, 0.05) is 36.8 Å². The molecule has 0 aliphatic carbocycles. The summed E-state index contributed by atoms with van der Waals surface area (Å²) in [5, 5.41) is 4.81. The Morgan fingerprint density at radius 3 is 2.58 bits per heavy atom. The van der Waals surface area contributed by atoms with Crippen LogP contribution in [0.4, 0.5) is 10.1 Å². The first-order chi connectivity index (χ1) is 16.0. The molecule has 1 spiro atoms. The average Bonchev–Trinajstić information content (AvgIpc) is 3.34. The van der Waals surface area contributed by atoms with Crippen molar-refractivity contribution in [3.8, 4) is 5.75 Å². The normalized spacial score (nSPS) is 18.1. The highest BCUT2D eigenvalue weighted by Crippen LogP contribution is 2.33. The van der Waals surface area contributed by atoms with E-state index in [9.17, 15) is 14.0 Å². The quantitative estimate of drug-likeness (QED) is 0.410. The number of carbonyl (C=O) groups is 2. The van der Waals surface area contributed by atoms with Crippen molar-refractivity contribution in [1.29, 1.82) is 0 Å². The Morgan fingerprint density at radius 1 is 1.09 bits per heavy atom. The second kappa shape index (κ2) is 8.36. The third-order valence-corrected chi connectivity index (χ3v) is 5.97. The molecular formula is C23H22FN3O6. The fourth-order valence-electron chi connectivity index (χ4n) is 4.30. The van der Waals surface area contributed by atoms with E-state index in [-0.39, 0.29) is 12.4 Å². The number of halogens is 1. The third kappa shape index (κ3) is 3.97. The number of hydrogen-bond donors (Lipinski definition) is 0. The highest BCUT2D eigenvalue weighted by Gasteiger charge is 2.55. The van der Waals surface area contributed by atoms with Crippen LogP contribution in [0, 0.1) is 5.82 Å². The maximum absolute atomic E-state index is 13.4. The van der Waals surface area contributed by atoms with Gasteiger partial charge in [0.15, 0.2) is 5.58 Å². The fraction of sp³-hybridized carbons (Fsp3) is 0.348. The van der Waals surface area contributed by atoms with Gasteiger partial charge in [0.05, 0.1) is 12.8 Å². The molecule has 3 heterocycles. The van der Waals surface area contributed by atoms with Gasteiger partial charge in [-0.15, -0.1) is 0 Å². The number of fused-ring (bicyclic) bond motifs is 1. The average molecular weight is 455 g/mol. The summed E-state index contributed by atoms with van der Waals surface area (Å²) in [6.45, 7) is 1.84. The number of ether oxygens (including phenoxy) is 3. The van der Waals surface area contributed by atoms with Crippen LogP contribution in [0.1, 0.15) is 12.1 Å². The number of esters is 2. The van der Waals surface area contributed by atoms with Crippen LogP contribution in [-0.2, 0) is 25.5 Å². The Kier molecular flexibility index (Phi) is 5.37. The van der Waals surface area contributed by atoms with Gasteiger partial charge >= 0.3 is 17.8 Å². The lowest BCUT2D eigenvalue weighted by atomic mass is 10.1. The molecule has 0 radical (unpaired) electrons. The molecule has 0 saturated carbocycles. The molecule has 1 aromatic heterocycles. The molecule has 0 N–H and O–H groups in total. The molecule has 10 heteroatoms. The van der Waals surface area contributed by atoms with Crippen molar-refractivity contribution in [1.82, 2.24) is 10.1 Å². The number of aromatic nitrogens is 1. The Bertz CT molecular complexity index is 1180. The fourth-order valence-corrected chi connectivity index (χ4v) is 4.30. The van der Waals surface area contributed by atoms with E-state index in [1.165, 1.54) is 12.1 Å². The third-order valence-electron chi connectivity index (χ3n) is 5.97. The Labute approximate surface area is 188 Å². The molecule has 0 atom stereocenters. The maximum Gasteiger partial charge on any atom is 0.421 e. The second-order valence-corrected chi connectivity index (χ2v) is 7.97. The number of benzene rings is 2. The first-order valence-electron chi connectivity index (χ1n) is 10.6. The lowest BCUT2D eigenvalue weighted by molar-refractivity contribution is -0.250. The topological polar surface area (TPSA) is 94.3 Å². The first-order valence-corrected chi connectivity index (χ1v) is 10.6. The number of piperazine rings is 1. The zero-order valence-electron chi connectivity index (χ0n) is 18.0. The van der Waals surface area contributed by atoms with Gasteiger partial charge in [-0.1, -0.05) is 5.16 Å². The molecule has 3 aromatic rings. The monoisotopic (exact) mass is 455 g/mol. The van der Waals surface area contributed by atoms with Crippen LogP contribution < -0.4 is 9.64 Å². The van der Waals surface area contributed by atoms with Crippen LogP contribution in [0.2, 0.25) is 0 Å². The van der Waals surface area contributed by atoms with Crippen LogP contribution in [0.3, 0.4) is 0 Å². The standard InChI is InChI=1S/C23H22FN3O6/c1-30-17-7-5-16(6-8-17)26-11-12-27(23(14-26)31-21(28)22(29)32-23)10-2-3-19-18-9-4-15(24)13-20(18)33-25-19/h4-9,13H,2-3,10-12,14H2,1H3. The number of methoxy groups -OCH3 is 1. The first kappa shape index (κ1) is 21.2. The van der Waals surface area contributed by atoms with E-state index in [0.29, 0.717) is 38.1 Å². The zero-order valence-corrected chi connectivity index (χ0v) is 18.0. The molecule has 0 amide bonds. The molecule has 2 aromatic carbocycles. The van der Waals surface area contributed by atoms with Crippen molar-refractivity contribution in [2.45, 2.75) is 18.8 Å². The number of nitrogens with zero attached hydrogens (tertiary/aromatic N) is 3. The van der Waals surface area contributed by atoms with Crippen LogP contribution in [0.5, 0.6) is 5.75 Å². The van der Waals surface area contributed by atoms with Crippen molar-refractivity contribution in [3.05, 3.63) is 54.0 Å². The summed E-state index contributed by atoms with van der Waals surface area (Å²) in [6.07, 6.45) is 1.20. The summed E-state index contributed by atoms with van der Waals surface area (Å²) >= 11 is 0. The van der Waals surface area contributed by atoms with E-state index in [2.05, 4.69) is 5.16 Å². The summed E-state index contributed by atoms with van der Waals surface area (Å²) in [7, 11) is 1.60. The molecule has 0 unspecified atom stereocenters. The zero-order chi connectivity index (χ0) is 23.0. The minimum Gasteiger partial charge on any atom is -0.497 e. The van der Waals surface area contributed by atoms with E-state index >= 15 is 0 Å². The lowest BCUT2D eigenvalue weighted by Crippen LogP contribution is -2.63. The van der Waals surface area contributed by atoms with Crippen molar-refractivity contribution < 1.29 is 32.7 Å². The molecule has 9 nitrogen and oxygen atoms in total. The van der Waals surface area contributed by atoms with Crippen molar-refractivity contribution in [2.24, 2.45) is 0 Å². The van der Waals surface area contributed by atoms with E-state index in [0.717, 1.165) is 22.5 Å². The number of carbonyl (C=O) groups excluding carboxylic acids is 2. The van der Waals surface area contributed by atoms with Gasteiger partial charge in [-0.3, -0.25) is 0 Å². The van der Waals surface area contributed by atoms with Crippen LogP contribution >= 0.6 is 0 Å². The molecule has 2 saturated heterocycles. The van der Waals surface area contributed by atoms with E-state index in [4.69, 9.17) is 18.7 Å². The number of anilines is 1. The number of rotatable bonds is 6. The van der Waals surface area contributed by atoms with Gasteiger partial charge in [0.2, 0.25) is 0 Å². The minimum atomic E-state index is -1.48. The molecule has 2 fully saturated rings. The molecule has 5 rings (SSSR count). The largest absolute Gasteiger partial charge is 0.497 e. The molecule has 2 aliphatic rings. The highest BCUT2D eigenvalue weighted by molar-refractivity contribution is 6.31. The lowest BCUT2D eigenvalue weighted by Gasteiger charge is -2.45. The van der Waals surface area contributed by atoms with Gasteiger partial charge in [-0.25, -0.2) is 18.9 Å². The van der Waals surface area contributed by atoms with Gasteiger partial charge in [0.1, 0.15) is 18.1 Å². The molecule has 172 valence electrons. The maximum atomic E-state index is 13.4. The Hall–Kier alpha value is -3.66. The predicted octanol–water partition coefficient (Wildman–Crippen LogP) is 2.48. The molecule has 33 heavy (non-hydrogen) atoms. The number of hydrogen-bond acceptors (Lipinski definition) is 9. The summed E-state index contributed by atoms with van der Waals surface area (Å²) in [5.41, 5.74) is 2.01. The SMILES string of the molecule is COc1ccc(N2CCN(CCCc3noc4cc(F)ccc34)C3(C2)OC(=O)C(=O)O3)cc1. The van der Waals surface area contributed by atoms with Gasteiger partial charge < -0.3 is 23.6 Å². The highest BCUT2D eigenvalue weighted by atomic mass is 19.1. The Balaban J connectivity index is 1.30. The summed E-state index contributed by atoms with van der Waals surface area (Å²) in [4.78, 5) is 27.7.